The highest BCUT2D eigenvalue weighted by Crippen LogP contribution is 2.44. The Morgan fingerprint density at radius 3 is 2.48 bits per heavy atom. The van der Waals surface area contributed by atoms with Crippen molar-refractivity contribution in [3.05, 3.63) is 35.6 Å². The van der Waals surface area contributed by atoms with Crippen LogP contribution in [0.15, 0.2) is 24.3 Å². The summed E-state index contributed by atoms with van der Waals surface area (Å²) in [5.41, 5.74) is 0.189. The van der Waals surface area contributed by atoms with Crippen LogP contribution in [0.4, 0.5) is 4.39 Å². The highest BCUT2D eigenvalue weighted by molar-refractivity contribution is 7.88. The zero-order chi connectivity index (χ0) is 19.0. The number of nitrogens with zero attached hydrogens (tertiary/aromatic N) is 1. The molecule has 3 aliphatic rings. The van der Waals surface area contributed by atoms with Crippen LogP contribution in [0.2, 0.25) is 0 Å². The van der Waals surface area contributed by atoms with Gasteiger partial charge in [-0.25, -0.2) is 17.1 Å². The summed E-state index contributed by atoms with van der Waals surface area (Å²) in [5, 5.41) is 3.22. The molecule has 2 bridgehead atoms. The molecule has 0 radical (unpaired) electrons. The van der Waals surface area contributed by atoms with Gasteiger partial charge in [0.15, 0.2) is 0 Å². The van der Waals surface area contributed by atoms with Crippen LogP contribution in [0.5, 0.6) is 0 Å². The Kier molecular flexibility index (Phi) is 5.25. The molecular formula is C20H27FN2O3S. The normalized spacial score (nSPS) is 29.1. The Morgan fingerprint density at radius 2 is 1.85 bits per heavy atom. The van der Waals surface area contributed by atoms with E-state index >= 15 is 0 Å². The molecule has 3 atom stereocenters. The SMILES string of the molecule is O=C(N[C@H]1C[C@H]2CC[C@H]1C2)C1CCN(S(=O)(=O)Cc2ccccc2F)CC1. The summed E-state index contributed by atoms with van der Waals surface area (Å²) in [6, 6.07) is 6.28. The summed E-state index contributed by atoms with van der Waals surface area (Å²) in [6.45, 7) is 0.650. The number of fused-ring (bicyclic) bond motifs is 2. The number of halogens is 1. The van der Waals surface area contributed by atoms with Crippen LogP contribution in [0.3, 0.4) is 0 Å². The van der Waals surface area contributed by atoms with E-state index in [1.807, 2.05) is 0 Å². The molecular weight excluding hydrogens is 367 g/mol. The van der Waals surface area contributed by atoms with E-state index in [2.05, 4.69) is 5.32 Å². The summed E-state index contributed by atoms with van der Waals surface area (Å²) in [5.74, 6) is 0.552. The monoisotopic (exact) mass is 394 g/mol. The molecule has 0 aromatic heterocycles. The molecule has 1 saturated heterocycles. The van der Waals surface area contributed by atoms with Gasteiger partial charge in [-0.05, 0) is 50.0 Å². The molecule has 0 unspecified atom stereocenters. The predicted molar refractivity (Wildman–Crippen MR) is 101 cm³/mol. The lowest BCUT2D eigenvalue weighted by Crippen LogP contribution is -2.46. The zero-order valence-electron chi connectivity index (χ0n) is 15.4. The largest absolute Gasteiger partial charge is 0.353 e. The number of hydrogen-bond donors (Lipinski definition) is 1. The van der Waals surface area contributed by atoms with E-state index in [1.54, 1.807) is 12.1 Å². The maximum Gasteiger partial charge on any atom is 0.223 e. The van der Waals surface area contributed by atoms with Gasteiger partial charge >= 0.3 is 0 Å². The minimum atomic E-state index is -3.58. The van der Waals surface area contributed by atoms with Gasteiger partial charge in [0.25, 0.3) is 0 Å². The van der Waals surface area contributed by atoms with Gasteiger partial charge in [0.05, 0.1) is 5.75 Å². The minimum absolute atomic E-state index is 0.0821. The first-order valence-corrected chi connectivity index (χ1v) is 11.5. The van der Waals surface area contributed by atoms with Crippen LogP contribution in [0.1, 0.15) is 44.1 Å². The third-order valence-electron chi connectivity index (χ3n) is 6.58. The molecule has 148 valence electrons. The van der Waals surface area contributed by atoms with Crippen molar-refractivity contribution < 1.29 is 17.6 Å². The minimum Gasteiger partial charge on any atom is -0.353 e. The molecule has 2 saturated carbocycles. The molecule has 7 heteroatoms. The van der Waals surface area contributed by atoms with Gasteiger partial charge in [0.1, 0.15) is 5.82 Å². The van der Waals surface area contributed by atoms with Gasteiger partial charge in [0.2, 0.25) is 15.9 Å². The van der Waals surface area contributed by atoms with Crippen LogP contribution in [0.25, 0.3) is 0 Å². The van der Waals surface area contributed by atoms with Crippen molar-refractivity contribution in [2.45, 2.75) is 50.3 Å². The molecule has 3 fully saturated rings. The van der Waals surface area contributed by atoms with Crippen LogP contribution in [-0.2, 0) is 20.6 Å². The average Bonchev–Trinajstić information content (AvgIpc) is 3.27. The van der Waals surface area contributed by atoms with Crippen molar-refractivity contribution in [2.24, 2.45) is 17.8 Å². The smallest absolute Gasteiger partial charge is 0.223 e. The second-order valence-electron chi connectivity index (χ2n) is 8.31. The maximum atomic E-state index is 13.8. The third-order valence-corrected chi connectivity index (χ3v) is 8.41. The number of carbonyl (C=O) groups is 1. The first kappa shape index (κ1) is 18.9. The van der Waals surface area contributed by atoms with Gasteiger partial charge in [-0.1, -0.05) is 24.6 Å². The molecule has 1 aromatic rings. The lowest BCUT2D eigenvalue weighted by atomic mass is 9.93. The first-order valence-electron chi connectivity index (χ1n) is 9.94. The highest BCUT2D eigenvalue weighted by Gasteiger charge is 2.41. The van der Waals surface area contributed by atoms with Gasteiger partial charge in [-0.2, -0.15) is 0 Å². The number of benzene rings is 1. The maximum absolute atomic E-state index is 13.8. The quantitative estimate of drug-likeness (QED) is 0.835. The van der Waals surface area contributed by atoms with E-state index in [-0.39, 0.29) is 23.1 Å². The second kappa shape index (κ2) is 7.51. The Balaban J connectivity index is 1.30. The van der Waals surface area contributed by atoms with Crippen LogP contribution in [0, 0.1) is 23.6 Å². The van der Waals surface area contributed by atoms with Gasteiger partial charge in [-0.15, -0.1) is 0 Å². The van der Waals surface area contributed by atoms with Crippen LogP contribution >= 0.6 is 0 Å². The lowest BCUT2D eigenvalue weighted by Gasteiger charge is -2.32. The average molecular weight is 395 g/mol. The number of hydrogen-bond acceptors (Lipinski definition) is 3. The summed E-state index contributed by atoms with van der Waals surface area (Å²) in [7, 11) is -3.58. The Bertz CT molecular complexity index is 805. The van der Waals surface area contributed by atoms with Crippen molar-refractivity contribution in [3.63, 3.8) is 0 Å². The summed E-state index contributed by atoms with van der Waals surface area (Å²) < 4.78 is 40.4. The zero-order valence-corrected chi connectivity index (χ0v) is 16.3. The second-order valence-corrected chi connectivity index (χ2v) is 10.3. The molecule has 1 N–H and O–H groups in total. The van der Waals surface area contributed by atoms with Crippen molar-refractivity contribution >= 4 is 15.9 Å². The van der Waals surface area contributed by atoms with Crippen molar-refractivity contribution in [1.82, 2.24) is 9.62 Å². The molecule has 4 rings (SSSR count). The van der Waals surface area contributed by atoms with E-state index in [0.717, 1.165) is 12.3 Å². The topological polar surface area (TPSA) is 66.5 Å². The van der Waals surface area contributed by atoms with Crippen LogP contribution in [-0.4, -0.2) is 37.8 Å². The molecule has 1 heterocycles. The first-order chi connectivity index (χ1) is 12.9. The molecule has 1 amide bonds. The van der Waals surface area contributed by atoms with Crippen molar-refractivity contribution in [1.29, 1.82) is 0 Å². The predicted octanol–water partition coefficient (Wildman–Crippen LogP) is 2.67. The molecule has 1 aromatic carbocycles. The standard InChI is InChI=1S/C20H27FN2O3S/c21-18-4-2-1-3-17(18)13-27(25,26)23-9-7-15(8-10-23)20(24)22-19-12-14-5-6-16(19)11-14/h1-4,14-16,19H,5-13H2,(H,22,24)/t14-,16-,19-/m0/s1. The Labute approximate surface area is 160 Å². The molecule has 2 aliphatic carbocycles. The number of carbonyl (C=O) groups excluding carboxylic acids is 1. The number of amides is 1. The fraction of sp³-hybridized carbons (Fsp3) is 0.650. The van der Waals surface area contributed by atoms with E-state index < -0.39 is 15.8 Å². The lowest BCUT2D eigenvalue weighted by molar-refractivity contribution is -0.127. The molecule has 1 aliphatic heterocycles. The van der Waals surface area contributed by atoms with E-state index in [4.69, 9.17) is 0 Å². The fourth-order valence-electron chi connectivity index (χ4n) is 5.02. The van der Waals surface area contributed by atoms with Gasteiger partial charge in [-0.3, -0.25) is 4.79 Å². The summed E-state index contributed by atoms with van der Waals surface area (Å²) in [6.07, 6.45) is 5.94. The molecule has 0 spiro atoms. The highest BCUT2D eigenvalue weighted by atomic mass is 32.2. The summed E-state index contributed by atoms with van der Waals surface area (Å²) >= 11 is 0. The van der Waals surface area contributed by atoms with Gasteiger partial charge in [0, 0.05) is 30.6 Å². The van der Waals surface area contributed by atoms with E-state index in [1.165, 1.54) is 35.7 Å². The fourth-order valence-corrected chi connectivity index (χ4v) is 6.60. The Hall–Kier alpha value is -1.47. The number of nitrogens with one attached hydrogen (secondary N) is 1. The summed E-state index contributed by atoms with van der Waals surface area (Å²) in [4.78, 5) is 12.6. The molecule has 27 heavy (non-hydrogen) atoms. The van der Waals surface area contributed by atoms with Crippen LogP contribution < -0.4 is 5.32 Å². The number of sulfonamides is 1. The van der Waals surface area contributed by atoms with E-state index in [0.29, 0.717) is 37.9 Å². The Morgan fingerprint density at radius 1 is 1.11 bits per heavy atom. The number of piperidine rings is 1. The van der Waals surface area contributed by atoms with E-state index in [9.17, 15) is 17.6 Å². The molecule has 5 nitrogen and oxygen atoms in total. The van der Waals surface area contributed by atoms with Crippen molar-refractivity contribution in [2.75, 3.05) is 13.1 Å². The van der Waals surface area contributed by atoms with Crippen molar-refractivity contribution in [3.8, 4) is 0 Å². The number of rotatable bonds is 5. The van der Waals surface area contributed by atoms with Gasteiger partial charge < -0.3 is 5.32 Å². The third kappa shape index (κ3) is 4.04.